The van der Waals surface area contributed by atoms with Crippen LogP contribution in [0.4, 0.5) is 0 Å². The molecule has 2 N–H and O–H groups in total. The highest BCUT2D eigenvalue weighted by atomic mass is 16.5. The van der Waals surface area contributed by atoms with Crippen molar-refractivity contribution in [3.8, 4) is 17.1 Å². The number of amides is 2. The largest absolute Gasteiger partial charge is 0.497 e. The number of carbonyl (C=O) groups excluding carboxylic acids is 2. The van der Waals surface area contributed by atoms with Gasteiger partial charge in [0.1, 0.15) is 11.4 Å². The molecule has 2 amide bonds. The van der Waals surface area contributed by atoms with Crippen LogP contribution in [-0.2, 0) is 0 Å². The molecule has 138 valence electrons. The lowest BCUT2D eigenvalue weighted by Gasteiger charge is -2.04. The van der Waals surface area contributed by atoms with E-state index >= 15 is 0 Å². The van der Waals surface area contributed by atoms with Gasteiger partial charge in [-0.05, 0) is 24.3 Å². The van der Waals surface area contributed by atoms with Crippen molar-refractivity contribution in [2.24, 2.45) is 0 Å². The smallest absolute Gasteiger partial charge is 0.316 e. The van der Waals surface area contributed by atoms with Crippen LogP contribution in [0.5, 0.6) is 5.75 Å². The van der Waals surface area contributed by atoms with E-state index < -0.39 is 5.91 Å². The van der Waals surface area contributed by atoms with Gasteiger partial charge in [0.05, 0.1) is 13.3 Å². The third-order valence-corrected chi connectivity index (χ3v) is 3.46. The minimum atomic E-state index is -0.531. The maximum Gasteiger partial charge on any atom is 0.316 e. The monoisotopic (exact) mass is 368 g/mol. The lowest BCUT2D eigenvalue weighted by Crippen LogP contribution is -2.35. The first-order chi connectivity index (χ1) is 13.2. The first-order valence-electron chi connectivity index (χ1n) is 7.98. The topological polar surface area (TPSA) is 132 Å². The molecular weight excluding hydrogens is 352 g/mol. The normalized spacial score (nSPS) is 10.3. The van der Waals surface area contributed by atoms with E-state index in [1.54, 1.807) is 31.4 Å². The summed E-state index contributed by atoms with van der Waals surface area (Å²) in [6.45, 7) is 0.395. The van der Waals surface area contributed by atoms with Gasteiger partial charge in [0.2, 0.25) is 5.82 Å². The Kier molecular flexibility index (Phi) is 5.67. The van der Waals surface area contributed by atoms with Crippen molar-refractivity contribution in [2.75, 3.05) is 20.2 Å². The predicted octanol–water partition coefficient (Wildman–Crippen LogP) is 0.695. The minimum absolute atomic E-state index is 0.166. The third kappa shape index (κ3) is 4.63. The first kappa shape index (κ1) is 18.0. The molecule has 0 bridgehead atoms. The molecule has 3 rings (SSSR count). The molecule has 0 saturated carbocycles. The Hall–Kier alpha value is -3.82. The van der Waals surface area contributed by atoms with Gasteiger partial charge in [0.25, 0.3) is 5.91 Å². The molecular formula is C17H16N6O4. The van der Waals surface area contributed by atoms with Gasteiger partial charge in [-0.3, -0.25) is 14.6 Å². The van der Waals surface area contributed by atoms with Crippen molar-refractivity contribution in [3.63, 3.8) is 0 Å². The maximum absolute atomic E-state index is 12.0. The van der Waals surface area contributed by atoms with Crippen molar-refractivity contribution in [2.45, 2.75) is 0 Å². The van der Waals surface area contributed by atoms with Gasteiger partial charge >= 0.3 is 11.8 Å². The number of ether oxygens (including phenoxy) is 1. The zero-order valence-corrected chi connectivity index (χ0v) is 14.4. The Morgan fingerprint density at radius 2 is 1.81 bits per heavy atom. The Morgan fingerprint density at radius 1 is 1.07 bits per heavy atom. The molecule has 0 fully saturated rings. The molecule has 1 aromatic carbocycles. The molecule has 2 aromatic heterocycles. The zero-order valence-electron chi connectivity index (χ0n) is 14.4. The molecule has 0 aliphatic carbocycles. The number of carbonyl (C=O) groups is 2. The number of methoxy groups -OCH3 is 1. The molecule has 0 unspecified atom stereocenters. The molecule has 0 spiro atoms. The van der Waals surface area contributed by atoms with Crippen LogP contribution < -0.4 is 15.4 Å². The molecule has 2 heterocycles. The number of nitrogens with zero attached hydrogens (tertiary/aromatic N) is 4. The van der Waals surface area contributed by atoms with Crippen LogP contribution in [0.15, 0.2) is 47.4 Å². The fraction of sp³-hybridized carbons (Fsp3) is 0.176. The van der Waals surface area contributed by atoms with E-state index in [0.29, 0.717) is 17.1 Å². The maximum atomic E-state index is 12.0. The van der Waals surface area contributed by atoms with E-state index in [1.807, 2.05) is 0 Å². The summed E-state index contributed by atoms with van der Waals surface area (Å²) in [7, 11) is 1.57. The van der Waals surface area contributed by atoms with Gasteiger partial charge in [0, 0.05) is 31.0 Å². The van der Waals surface area contributed by atoms with Crippen molar-refractivity contribution in [3.05, 3.63) is 54.4 Å². The van der Waals surface area contributed by atoms with Crippen LogP contribution in [0.1, 0.15) is 21.2 Å². The molecule has 27 heavy (non-hydrogen) atoms. The summed E-state index contributed by atoms with van der Waals surface area (Å²) >= 11 is 0. The molecule has 3 aromatic rings. The number of benzene rings is 1. The third-order valence-electron chi connectivity index (χ3n) is 3.46. The van der Waals surface area contributed by atoms with Crippen molar-refractivity contribution >= 4 is 11.8 Å². The average molecular weight is 368 g/mol. The van der Waals surface area contributed by atoms with E-state index in [-0.39, 0.29) is 30.6 Å². The second kappa shape index (κ2) is 8.52. The molecule has 0 atom stereocenters. The SMILES string of the molecule is COc1ccc(-c2noc(C(=O)NCCNC(=O)c3cnccn3)n2)cc1. The summed E-state index contributed by atoms with van der Waals surface area (Å²) in [4.78, 5) is 35.6. The predicted molar refractivity (Wildman–Crippen MR) is 93.0 cm³/mol. The van der Waals surface area contributed by atoms with Crippen LogP contribution in [0.25, 0.3) is 11.4 Å². The summed E-state index contributed by atoms with van der Waals surface area (Å²) in [5.41, 5.74) is 0.889. The summed E-state index contributed by atoms with van der Waals surface area (Å²) in [6, 6.07) is 7.03. The number of hydrogen-bond donors (Lipinski definition) is 2. The second-order valence-electron chi connectivity index (χ2n) is 5.25. The standard InChI is InChI=1S/C17H16N6O4/c1-26-12-4-2-11(3-5-12)14-22-17(27-23-14)16(25)21-9-8-20-15(24)13-10-18-6-7-19-13/h2-7,10H,8-9H2,1H3,(H,20,24)(H,21,25). The van der Waals surface area contributed by atoms with Gasteiger partial charge < -0.3 is 19.9 Å². The quantitative estimate of drug-likeness (QED) is 0.582. The van der Waals surface area contributed by atoms with E-state index in [4.69, 9.17) is 9.26 Å². The average Bonchev–Trinajstić information content (AvgIpc) is 3.22. The van der Waals surface area contributed by atoms with Crippen LogP contribution in [0, 0.1) is 0 Å². The Balaban J connectivity index is 1.48. The summed E-state index contributed by atoms with van der Waals surface area (Å²) in [5, 5.41) is 8.98. The van der Waals surface area contributed by atoms with Gasteiger partial charge in [-0.1, -0.05) is 5.16 Å². The molecule has 10 nitrogen and oxygen atoms in total. The van der Waals surface area contributed by atoms with Crippen LogP contribution in [-0.4, -0.2) is 52.1 Å². The Labute approximate surface area is 154 Å². The number of rotatable bonds is 7. The highest BCUT2D eigenvalue weighted by Crippen LogP contribution is 2.19. The fourth-order valence-corrected chi connectivity index (χ4v) is 2.11. The van der Waals surface area contributed by atoms with Gasteiger partial charge in [-0.15, -0.1) is 0 Å². The summed E-state index contributed by atoms with van der Waals surface area (Å²) in [5.74, 6) is -0.0866. The summed E-state index contributed by atoms with van der Waals surface area (Å²) < 4.78 is 10.1. The number of hydrogen-bond acceptors (Lipinski definition) is 8. The van der Waals surface area contributed by atoms with E-state index in [0.717, 1.165) is 0 Å². The van der Waals surface area contributed by atoms with Gasteiger partial charge in [-0.2, -0.15) is 4.98 Å². The van der Waals surface area contributed by atoms with Crippen LogP contribution in [0.2, 0.25) is 0 Å². The molecule has 10 heteroatoms. The zero-order chi connectivity index (χ0) is 19.1. The van der Waals surface area contributed by atoms with Crippen LogP contribution in [0.3, 0.4) is 0 Å². The van der Waals surface area contributed by atoms with Crippen LogP contribution >= 0.6 is 0 Å². The van der Waals surface area contributed by atoms with Gasteiger partial charge in [0.15, 0.2) is 0 Å². The van der Waals surface area contributed by atoms with Gasteiger partial charge in [-0.25, -0.2) is 4.98 Å². The lowest BCUT2D eigenvalue weighted by atomic mass is 10.2. The lowest BCUT2D eigenvalue weighted by molar-refractivity contribution is 0.0897. The number of aromatic nitrogens is 4. The molecule has 0 aliphatic rings. The molecule has 0 aliphatic heterocycles. The van der Waals surface area contributed by atoms with Crippen molar-refractivity contribution in [1.82, 2.24) is 30.7 Å². The first-order valence-corrected chi connectivity index (χ1v) is 7.98. The Morgan fingerprint density at radius 3 is 2.48 bits per heavy atom. The fourth-order valence-electron chi connectivity index (χ4n) is 2.11. The second-order valence-corrected chi connectivity index (χ2v) is 5.25. The molecule has 0 radical (unpaired) electrons. The molecule has 0 saturated heterocycles. The van der Waals surface area contributed by atoms with Crippen molar-refractivity contribution in [1.29, 1.82) is 0 Å². The van der Waals surface area contributed by atoms with E-state index in [9.17, 15) is 9.59 Å². The Bertz CT molecular complexity index is 911. The highest BCUT2D eigenvalue weighted by Gasteiger charge is 2.16. The van der Waals surface area contributed by atoms with E-state index in [2.05, 4.69) is 30.7 Å². The van der Waals surface area contributed by atoms with Crippen molar-refractivity contribution < 1.29 is 18.8 Å². The highest BCUT2D eigenvalue weighted by molar-refractivity contribution is 5.92. The van der Waals surface area contributed by atoms with E-state index in [1.165, 1.54) is 18.6 Å². The summed E-state index contributed by atoms with van der Waals surface area (Å²) in [6.07, 6.45) is 4.25. The minimum Gasteiger partial charge on any atom is -0.497 e. The number of nitrogens with one attached hydrogen (secondary N) is 2.